The molecule has 0 N–H and O–H groups in total. The highest BCUT2D eigenvalue weighted by atomic mass is 32.2. The normalized spacial score (nSPS) is 13.9. The Hall–Kier alpha value is -2.00. The van der Waals surface area contributed by atoms with Crippen LogP contribution in [0.4, 0.5) is 5.69 Å². The Morgan fingerprint density at radius 2 is 1.85 bits per heavy atom. The maximum absolute atomic E-state index is 5.15. The minimum atomic E-state index is 0.875. The number of benzene rings is 2. The highest BCUT2D eigenvalue weighted by molar-refractivity contribution is 8.13. The van der Waals surface area contributed by atoms with Crippen molar-refractivity contribution in [2.75, 3.05) is 7.11 Å². The molecule has 0 saturated heterocycles. The number of para-hydroxylation sites is 1. The van der Waals surface area contributed by atoms with Gasteiger partial charge in [-0.1, -0.05) is 36.4 Å². The van der Waals surface area contributed by atoms with Gasteiger partial charge in [0.05, 0.1) is 17.8 Å². The molecule has 0 atom stereocenters. The summed E-state index contributed by atoms with van der Waals surface area (Å²) in [4.78, 5) is 4.66. The van der Waals surface area contributed by atoms with Crippen LogP contribution >= 0.6 is 11.8 Å². The summed E-state index contributed by atoms with van der Waals surface area (Å²) in [5.74, 6) is 1.86. The number of hydrogen-bond donors (Lipinski definition) is 0. The average Bonchev–Trinajstić information content (AvgIpc) is 2.53. The van der Waals surface area contributed by atoms with Gasteiger partial charge in [0, 0.05) is 5.75 Å². The van der Waals surface area contributed by atoms with Crippen molar-refractivity contribution in [3.63, 3.8) is 0 Å². The zero-order chi connectivity index (χ0) is 13.8. The van der Waals surface area contributed by atoms with Crippen LogP contribution in [0.3, 0.4) is 0 Å². The maximum atomic E-state index is 5.15. The van der Waals surface area contributed by atoms with Gasteiger partial charge in [-0.05, 0) is 35.4 Å². The molecule has 3 rings (SSSR count). The van der Waals surface area contributed by atoms with Gasteiger partial charge in [0.25, 0.3) is 0 Å². The number of methoxy groups -OCH3 is 1. The monoisotopic (exact) mass is 281 g/mol. The van der Waals surface area contributed by atoms with E-state index < -0.39 is 0 Å². The standard InChI is InChI=1S/C17H15NOS/c1-19-15-9-6-13(7-10-15)8-11-17-18-16-5-3-2-4-14(16)12-20-17/h2-11H,12H2,1H3/b11-8+. The molecule has 0 saturated carbocycles. The quantitative estimate of drug-likeness (QED) is 0.814. The second kappa shape index (κ2) is 5.97. The van der Waals surface area contributed by atoms with Crippen molar-refractivity contribution in [1.29, 1.82) is 0 Å². The van der Waals surface area contributed by atoms with Crippen molar-refractivity contribution in [3.05, 3.63) is 65.7 Å². The molecule has 0 amide bonds. The fourth-order valence-electron chi connectivity index (χ4n) is 2.01. The molecule has 0 radical (unpaired) electrons. The van der Waals surface area contributed by atoms with E-state index in [9.17, 15) is 0 Å². The van der Waals surface area contributed by atoms with Gasteiger partial charge >= 0.3 is 0 Å². The van der Waals surface area contributed by atoms with E-state index in [-0.39, 0.29) is 0 Å². The minimum absolute atomic E-state index is 0.875. The van der Waals surface area contributed by atoms with Crippen LogP contribution in [0.15, 0.2) is 59.6 Å². The van der Waals surface area contributed by atoms with E-state index in [1.165, 1.54) is 5.56 Å². The van der Waals surface area contributed by atoms with Gasteiger partial charge in [0.2, 0.25) is 0 Å². The summed E-state index contributed by atoms with van der Waals surface area (Å²) in [5, 5.41) is 1.06. The summed E-state index contributed by atoms with van der Waals surface area (Å²) >= 11 is 1.77. The van der Waals surface area contributed by atoms with Crippen molar-refractivity contribution in [2.45, 2.75) is 5.75 Å². The zero-order valence-electron chi connectivity index (χ0n) is 11.2. The summed E-state index contributed by atoms with van der Waals surface area (Å²) in [5.41, 5.74) is 3.53. The number of ether oxygens (including phenoxy) is 1. The Balaban J connectivity index is 1.78. The molecule has 0 aliphatic carbocycles. The predicted molar refractivity (Wildman–Crippen MR) is 86.9 cm³/mol. The molecular formula is C17H15NOS. The first-order valence-electron chi connectivity index (χ1n) is 6.47. The molecule has 0 unspecified atom stereocenters. The van der Waals surface area contributed by atoms with Crippen molar-refractivity contribution >= 4 is 28.6 Å². The second-order valence-electron chi connectivity index (χ2n) is 4.47. The van der Waals surface area contributed by atoms with Crippen LogP contribution < -0.4 is 4.74 Å². The van der Waals surface area contributed by atoms with E-state index >= 15 is 0 Å². The van der Waals surface area contributed by atoms with Crippen LogP contribution in [-0.2, 0) is 5.75 Å². The second-order valence-corrected chi connectivity index (χ2v) is 5.47. The van der Waals surface area contributed by atoms with E-state index in [4.69, 9.17) is 4.74 Å². The van der Waals surface area contributed by atoms with E-state index in [0.29, 0.717) is 0 Å². The first kappa shape index (κ1) is 13.0. The molecule has 0 aromatic heterocycles. The molecule has 2 aromatic carbocycles. The minimum Gasteiger partial charge on any atom is -0.497 e. The molecule has 1 aliphatic heterocycles. The zero-order valence-corrected chi connectivity index (χ0v) is 12.1. The van der Waals surface area contributed by atoms with Crippen LogP contribution in [0, 0.1) is 0 Å². The number of nitrogens with zero attached hydrogens (tertiary/aromatic N) is 1. The lowest BCUT2D eigenvalue weighted by Gasteiger charge is -2.12. The predicted octanol–water partition coefficient (Wildman–Crippen LogP) is 4.69. The Kier molecular flexibility index (Phi) is 3.88. The first-order chi connectivity index (χ1) is 9.85. The number of thioether (sulfide) groups is 1. The van der Waals surface area contributed by atoms with Gasteiger partial charge in [-0.15, -0.1) is 11.8 Å². The highest BCUT2D eigenvalue weighted by Crippen LogP contribution is 2.31. The summed E-state index contributed by atoms with van der Waals surface area (Å²) in [6, 6.07) is 16.3. The summed E-state index contributed by atoms with van der Waals surface area (Å²) in [6.07, 6.45) is 4.15. The topological polar surface area (TPSA) is 21.6 Å². The summed E-state index contributed by atoms with van der Waals surface area (Å²) < 4.78 is 5.15. The summed E-state index contributed by atoms with van der Waals surface area (Å²) in [6.45, 7) is 0. The van der Waals surface area contributed by atoms with E-state index in [2.05, 4.69) is 35.3 Å². The molecule has 2 aromatic rings. The van der Waals surface area contributed by atoms with Gasteiger partial charge in [0.1, 0.15) is 5.75 Å². The van der Waals surface area contributed by atoms with E-state index in [0.717, 1.165) is 27.8 Å². The molecule has 3 heteroatoms. The fraction of sp³-hybridized carbons (Fsp3) is 0.118. The lowest BCUT2D eigenvalue weighted by molar-refractivity contribution is 0.415. The van der Waals surface area contributed by atoms with Crippen LogP contribution in [0.2, 0.25) is 0 Å². The van der Waals surface area contributed by atoms with Gasteiger partial charge in [-0.3, -0.25) is 0 Å². The van der Waals surface area contributed by atoms with Gasteiger partial charge in [0.15, 0.2) is 0 Å². The van der Waals surface area contributed by atoms with E-state index in [1.54, 1.807) is 18.9 Å². The molecule has 20 heavy (non-hydrogen) atoms. The van der Waals surface area contributed by atoms with Crippen LogP contribution in [0.5, 0.6) is 5.75 Å². The maximum Gasteiger partial charge on any atom is 0.118 e. The molecule has 1 aliphatic rings. The molecule has 100 valence electrons. The van der Waals surface area contributed by atoms with E-state index in [1.807, 2.05) is 30.3 Å². The van der Waals surface area contributed by atoms with Crippen LogP contribution in [-0.4, -0.2) is 12.2 Å². The van der Waals surface area contributed by atoms with Crippen molar-refractivity contribution in [1.82, 2.24) is 0 Å². The van der Waals surface area contributed by atoms with Gasteiger partial charge < -0.3 is 4.74 Å². The van der Waals surface area contributed by atoms with Crippen LogP contribution in [0.25, 0.3) is 6.08 Å². The molecule has 0 bridgehead atoms. The highest BCUT2D eigenvalue weighted by Gasteiger charge is 2.09. The number of rotatable bonds is 3. The molecule has 2 nitrogen and oxygen atoms in total. The van der Waals surface area contributed by atoms with Crippen molar-refractivity contribution < 1.29 is 4.74 Å². The number of hydrogen-bond acceptors (Lipinski definition) is 3. The Labute approximate surface area is 123 Å². The number of aliphatic imine (C=N–C) groups is 1. The molecule has 0 fully saturated rings. The van der Waals surface area contributed by atoms with Crippen molar-refractivity contribution in [2.24, 2.45) is 4.99 Å². The third kappa shape index (κ3) is 2.94. The average molecular weight is 281 g/mol. The summed E-state index contributed by atoms with van der Waals surface area (Å²) in [7, 11) is 1.68. The lowest BCUT2D eigenvalue weighted by atomic mass is 10.2. The van der Waals surface area contributed by atoms with Gasteiger partial charge in [-0.25, -0.2) is 4.99 Å². The molecule has 1 heterocycles. The van der Waals surface area contributed by atoms with Crippen molar-refractivity contribution in [3.8, 4) is 5.75 Å². The SMILES string of the molecule is COc1ccc(/C=C/C2=Nc3ccccc3CS2)cc1. The third-order valence-corrected chi connectivity index (χ3v) is 4.11. The lowest BCUT2D eigenvalue weighted by Crippen LogP contribution is -1.95. The fourth-order valence-corrected chi connectivity index (χ4v) is 2.89. The Bertz CT molecular complexity index is 659. The molecule has 0 spiro atoms. The molecular weight excluding hydrogens is 266 g/mol. The Morgan fingerprint density at radius 1 is 1.05 bits per heavy atom. The third-order valence-electron chi connectivity index (χ3n) is 3.13. The largest absolute Gasteiger partial charge is 0.497 e. The van der Waals surface area contributed by atoms with Gasteiger partial charge in [-0.2, -0.15) is 0 Å². The Morgan fingerprint density at radius 3 is 2.65 bits per heavy atom. The van der Waals surface area contributed by atoms with Crippen LogP contribution in [0.1, 0.15) is 11.1 Å². The smallest absolute Gasteiger partial charge is 0.118 e. The number of fused-ring (bicyclic) bond motifs is 1. The first-order valence-corrected chi connectivity index (χ1v) is 7.45.